The SMILES string of the molecule is CC(C)c1ncc2c(n1)CN(Cc1ccsc1)CC2. The van der Waals surface area contributed by atoms with Crippen molar-refractivity contribution in [2.45, 2.75) is 39.3 Å². The van der Waals surface area contributed by atoms with Gasteiger partial charge in [0.05, 0.1) is 5.69 Å². The Balaban J connectivity index is 1.76. The van der Waals surface area contributed by atoms with E-state index in [2.05, 4.69) is 40.6 Å². The van der Waals surface area contributed by atoms with Crippen LogP contribution in [0, 0.1) is 0 Å². The van der Waals surface area contributed by atoms with Gasteiger partial charge in [-0.3, -0.25) is 4.90 Å². The van der Waals surface area contributed by atoms with Crippen LogP contribution in [0.4, 0.5) is 0 Å². The molecule has 0 saturated carbocycles. The molecule has 3 heterocycles. The molecule has 2 aromatic rings. The van der Waals surface area contributed by atoms with Crippen molar-refractivity contribution in [2.24, 2.45) is 0 Å². The smallest absolute Gasteiger partial charge is 0.131 e. The summed E-state index contributed by atoms with van der Waals surface area (Å²) in [5, 5.41) is 4.38. The Hall–Kier alpha value is -1.26. The molecule has 100 valence electrons. The molecule has 0 N–H and O–H groups in total. The maximum absolute atomic E-state index is 4.74. The van der Waals surface area contributed by atoms with Crippen LogP contribution in [0.5, 0.6) is 0 Å². The first-order valence-corrected chi connectivity index (χ1v) is 7.75. The lowest BCUT2D eigenvalue weighted by atomic mass is 10.1. The van der Waals surface area contributed by atoms with Crippen LogP contribution in [0.25, 0.3) is 0 Å². The molecule has 0 bridgehead atoms. The highest BCUT2D eigenvalue weighted by atomic mass is 32.1. The standard InChI is InChI=1S/C15H19N3S/c1-11(2)15-16-7-13-3-5-18(9-14(13)17-15)8-12-4-6-19-10-12/h4,6-7,10-11H,3,5,8-9H2,1-2H3. The fraction of sp³-hybridized carbons (Fsp3) is 0.467. The van der Waals surface area contributed by atoms with Gasteiger partial charge < -0.3 is 0 Å². The number of rotatable bonds is 3. The summed E-state index contributed by atoms with van der Waals surface area (Å²) in [5.74, 6) is 1.37. The topological polar surface area (TPSA) is 29.0 Å². The molecule has 1 aliphatic rings. The quantitative estimate of drug-likeness (QED) is 0.860. The molecule has 0 fully saturated rings. The highest BCUT2D eigenvalue weighted by Crippen LogP contribution is 2.21. The van der Waals surface area contributed by atoms with E-state index in [4.69, 9.17) is 4.98 Å². The Labute approximate surface area is 118 Å². The predicted octanol–water partition coefficient (Wildman–Crippen LogP) is 3.22. The molecule has 0 aromatic carbocycles. The van der Waals surface area contributed by atoms with Crippen LogP contribution < -0.4 is 0 Å². The van der Waals surface area contributed by atoms with Crippen molar-refractivity contribution < 1.29 is 0 Å². The van der Waals surface area contributed by atoms with Crippen LogP contribution in [0.1, 0.15) is 42.4 Å². The van der Waals surface area contributed by atoms with Gasteiger partial charge in [-0.25, -0.2) is 9.97 Å². The summed E-state index contributed by atoms with van der Waals surface area (Å²) in [4.78, 5) is 11.7. The molecule has 0 spiro atoms. The second-order valence-electron chi connectivity index (χ2n) is 5.45. The molecular formula is C15H19N3S. The van der Waals surface area contributed by atoms with E-state index in [0.29, 0.717) is 5.92 Å². The van der Waals surface area contributed by atoms with Crippen molar-refractivity contribution in [3.8, 4) is 0 Å². The monoisotopic (exact) mass is 273 g/mol. The van der Waals surface area contributed by atoms with Crippen molar-refractivity contribution >= 4 is 11.3 Å². The van der Waals surface area contributed by atoms with Gasteiger partial charge in [0.1, 0.15) is 5.82 Å². The highest BCUT2D eigenvalue weighted by molar-refractivity contribution is 7.07. The molecule has 1 aliphatic heterocycles. The first-order chi connectivity index (χ1) is 9.22. The first-order valence-electron chi connectivity index (χ1n) is 6.80. The lowest BCUT2D eigenvalue weighted by molar-refractivity contribution is 0.241. The molecule has 2 aromatic heterocycles. The minimum atomic E-state index is 0.401. The maximum atomic E-state index is 4.74. The summed E-state index contributed by atoms with van der Waals surface area (Å²) >= 11 is 1.77. The zero-order chi connectivity index (χ0) is 13.2. The van der Waals surface area contributed by atoms with Gasteiger partial charge in [-0.1, -0.05) is 13.8 Å². The van der Waals surface area contributed by atoms with E-state index in [1.807, 2.05) is 6.20 Å². The fourth-order valence-electron chi connectivity index (χ4n) is 2.43. The lowest BCUT2D eigenvalue weighted by Crippen LogP contribution is -2.31. The third-order valence-electron chi connectivity index (χ3n) is 3.55. The Morgan fingerprint density at radius 3 is 3.05 bits per heavy atom. The van der Waals surface area contributed by atoms with Crippen LogP contribution in [-0.4, -0.2) is 21.4 Å². The Morgan fingerprint density at radius 2 is 2.32 bits per heavy atom. The van der Waals surface area contributed by atoms with Gasteiger partial charge in [-0.15, -0.1) is 0 Å². The van der Waals surface area contributed by atoms with Gasteiger partial charge in [-0.05, 0) is 34.4 Å². The van der Waals surface area contributed by atoms with Gasteiger partial charge >= 0.3 is 0 Å². The summed E-state index contributed by atoms with van der Waals surface area (Å²) in [6, 6.07) is 2.21. The Bertz CT molecular complexity index is 549. The van der Waals surface area contributed by atoms with Crippen LogP contribution in [0.3, 0.4) is 0 Å². The van der Waals surface area contributed by atoms with E-state index < -0.39 is 0 Å². The zero-order valence-corrected chi connectivity index (χ0v) is 12.3. The van der Waals surface area contributed by atoms with Crippen LogP contribution in [0.15, 0.2) is 23.0 Å². The molecule has 3 nitrogen and oxygen atoms in total. The van der Waals surface area contributed by atoms with E-state index in [-0.39, 0.29) is 0 Å². The molecule has 0 amide bonds. The van der Waals surface area contributed by atoms with Crippen LogP contribution in [-0.2, 0) is 19.5 Å². The van der Waals surface area contributed by atoms with Crippen molar-refractivity contribution in [3.63, 3.8) is 0 Å². The van der Waals surface area contributed by atoms with Crippen molar-refractivity contribution in [3.05, 3.63) is 45.7 Å². The summed E-state index contributed by atoms with van der Waals surface area (Å²) < 4.78 is 0. The van der Waals surface area contributed by atoms with Gasteiger partial charge in [0, 0.05) is 31.7 Å². The number of nitrogens with zero attached hydrogens (tertiary/aromatic N) is 3. The summed E-state index contributed by atoms with van der Waals surface area (Å²) in [7, 11) is 0. The summed E-state index contributed by atoms with van der Waals surface area (Å²) in [5.41, 5.74) is 3.96. The van der Waals surface area contributed by atoms with Crippen LogP contribution >= 0.6 is 11.3 Å². The highest BCUT2D eigenvalue weighted by Gasteiger charge is 2.19. The van der Waals surface area contributed by atoms with Crippen LogP contribution in [0.2, 0.25) is 0 Å². The minimum absolute atomic E-state index is 0.401. The molecule has 0 unspecified atom stereocenters. The lowest BCUT2D eigenvalue weighted by Gasteiger charge is -2.27. The summed E-state index contributed by atoms with van der Waals surface area (Å²) in [6.07, 6.45) is 3.09. The van der Waals surface area contributed by atoms with E-state index >= 15 is 0 Å². The number of aromatic nitrogens is 2. The molecule has 0 aliphatic carbocycles. The third-order valence-corrected chi connectivity index (χ3v) is 4.28. The van der Waals surface area contributed by atoms with E-state index in [9.17, 15) is 0 Å². The number of fused-ring (bicyclic) bond motifs is 1. The molecular weight excluding hydrogens is 254 g/mol. The number of thiophene rings is 1. The van der Waals surface area contributed by atoms with Crippen molar-refractivity contribution in [1.82, 2.24) is 14.9 Å². The molecule has 4 heteroatoms. The van der Waals surface area contributed by atoms with Gasteiger partial charge in [0.2, 0.25) is 0 Å². The van der Waals surface area contributed by atoms with E-state index in [0.717, 1.165) is 31.9 Å². The Morgan fingerprint density at radius 1 is 1.42 bits per heavy atom. The zero-order valence-electron chi connectivity index (χ0n) is 11.5. The predicted molar refractivity (Wildman–Crippen MR) is 78.3 cm³/mol. The largest absolute Gasteiger partial charge is 0.293 e. The van der Waals surface area contributed by atoms with Gasteiger partial charge in [0.15, 0.2) is 0 Å². The normalized spacial score (nSPS) is 15.7. The molecule has 0 atom stereocenters. The second-order valence-corrected chi connectivity index (χ2v) is 6.23. The number of hydrogen-bond donors (Lipinski definition) is 0. The van der Waals surface area contributed by atoms with E-state index in [1.54, 1.807) is 11.3 Å². The molecule has 0 saturated heterocycles. The average molecular weight is 273 g/mol. The minimum Gasteiger partial charge on any atom is -0.293 e. The first kappa shape index (κ1) is 12.8. The second kappa shape index (κ2) is 5.39. The van der Waals surface area contributed by atoms with Crippen molar-refractivity contribution in [2.75, 3.05) is 6.54 Å². The molecule has 19 heavy (non-hydrogen) atoms. The van der Waals surface area contributed by atoms with Gasteiger partial charge in [-0.2, -0.15) is 11.3 Å². The third kappa shape index (κ3) is 2.85. The average Bonchev–Trinajstić information content (AvgIpc) is 2.90. The Kier molecular flexibility index (Phi) is 3.62. The van der Waals surface area contributed by atoms with E-state index in [1.165, 1.54) is 16.8 Å². The number of hydrogen-bond acceptors (Lipinski definition) is 4. The fourth-order valence-corrected chi connectivity index (χ4v) is 3.09. The van der Waals surface area contributed by atoms with Crippen molar-refractivity contribution in [1.29, 1.82) is 0 Å². The van der Waals surface area contributed by atoms with Gasteiger partial charge in [0.25, 0.3) is 0 Å². The maximum Gasteiger partial charge on any atom is 0.131 e. The molecule has 0 radical (unpaired) electrons. The molecule has 3 rings (SSSR count). The summed E-state index contributed by atoms with van der Waals surface area (Å²) in [6.45, 7) is 7.38.